The predicted octanol–water partition coefficient (Wildman–Crippen LogP) is 0.421. The molecular weight excluding hydrogens is 236 g/mol. The monoisotopic (exact) mass is 254 g/mol. The molecule has 7 nitrogen and oxygen atoms in total. The van der Waals surface area contributed by atoms with Crippen molar-refractivity contribution in [2.75, 3.05) is 14.2 Å². The lowest BCUT2D eigenvalue weighted by molar-refractivity contribution is -0.132. The van der Waals surface area contributed by atoms with Gasteiger partial charge in [-0.05, 0) is 13.8 Å². The van der Waals surface area contributed by atoms with Gasteiger partial charge in [0.1, 0.15) is 6.04 Å². The molecule has 100 valence electrons. The summed E-state index contributed by atoms with van der Waals surface area (Å²) in [4.78, 5) is 24.5. The van der Waals surface area contributed by atoms with E-state index in [1.54, 1.807) is 20.2 Å². The summed E-state index contributed by atoms with van der Waals surface area (Å²) in [6.45, 7) is 3.93. The highest BCUT2D eigenvalue weighted by molar-refractivity contribution is 5.85. The van der Waals surface area contributed by atoms with Crippen molar-refractivity contribution in [2.24, 2.45) is 0 Å². The third kappa shape index (κ3) is 3.47. The lowest BCUT2D eigenvalue weighted by atomic mass is 10.2. The molecule has 0 spiro atoms. The van der Waals surface area contributed by atoms with Gasteiger partial charge < -0.3 is 15.0 Å². The van der Waals surface area contributed by atoms with E-state index in [1.165, 1.54) is 12.0 Å². The van der Waals surface area contributed by atoms with Crippen LogP contribution >= 0.6 is 0 Å². The number of H-pyrrole nitrogens is 1. The Balaban J connectivity index is 2.56. The average molecular weight is 254 g/mol. The van der Waals surface area contributed by atoms with Crippen LogP contribution in [0.3, 0.4) is 0 Å². The van der Waals surface area contributed by atoms with Crippen LogP contribution in [0.5, 0.6) is 0 Å². The third-order valence-electron chi connectivity index (χ3n) is 2.61. The molecule has 0 aromatic carbocycles. The Kier molecular flexibility index (Phi) is 4.70. The molecule has 1 aromatic rings. The van der Waals surface area contributed by atoms with E-state index < -0.39 is 12.1 Å². The first-order valence-electron chi connectivity index (χ1n) is 5.54. The fourth-order valence-electron chi connectivity index (χ4n) is 1.50. The van der Waals surface area contributed by atoms with E-state index in [9.17, 15) is 9.59 Å². The van der Waals surface area contributed by atoms with Crippen LogP contribution in [0.2, 0.25) is 0 Å². The number of aromatic nitrogens is 2. The first kappa shape index (κ1) is 14.0. The van der Waals surface area contributed by atoms with Gasteiger partial charge in [0, 0.05) is 24.8 Å². The number of rotatable bonds is 4. The topological polar surface area (TPSA) is 87.3 Å². The number of carbonyl (C=O) groups excluding carboxylic acids is 2. The summed E-state index contributed by atoms with van der Waals surface area (Å²) in [5.41, 5.74) is 1.86. The first-order valence-corrected chi connectivity index (χ1v) is 5.54. The van der Waals surface area contributed by atoms with Crippen LogP contribution in [0.1, 0.15) is 18.2 Å². The molecule has 0 radical (unpaired) electrons. The third-order valence-corrected chi connectivity index (χ3v) is 2.61. The lowest BCUT2D eigenvalue weighted by Gasteiger charge is -2.21. The summed E-state index contributed by atoms with van der Waals surface area (Å²) in [6.07, 6.45) is 1.06. The van der Waals surface area contributed by atoms with Crippen LogP contribution in [0.25, 0.3) is 0 Å². The van der Waals surface area contributed by atoms with E-state index in [4.69, 9.17) is 0 Å². The SMILES string of the molecule is COC(=O)N[C@@H](C)C(=O)N(C)Cc1cn[nH]c1C. The zero-order chi connectivity index (χ0) is 13.7. The maximum atomic E-state index is 12.0. The fraction of sp³-hybridized carbons (Fsp3) is 0.545. The van der Waals surface area contributed by atoms with Gasteiger partial charge in [-0.2, -0.15) is 5.10 Å². The van der Waals surface area contributed by atoms with Crippen LogP contribution in [0.4, 0.5) is 4.79 Å². The summed E-state index contributed by atoms with van der Waals surface area (Å²) >= 11 is 0. The van der Waals surface area contributed by atoms with Crippen molar-refractivity contribution in [3.8, 4) is 0 Å². The van der Waals surface area contributed by atoms with Gasteiger partial charge in [0.15, 0.2) is 0 Å². The number of aromatic amines is 1. The van der Waals surface area contributed by atoms with Crippen LogP contribution in [0.15, 0.2) is 6.20 Å². The Morgan fingerprint density at radius 3 is 2.78 bits per heavy atom. The zero-order valence-corrected chi connectivity index (χ0v) is 11.0. The van der Waals surface area contributed by atoms with E-state index in [1.807, 2.05) is 6.92 Å². The highest BCUT2D eigenvalue weighted by Crippen LogP contribution is 2.07. The van der Waals surface area contributed by atoms with Crippen LogP contribution < -0.4 is 5.32 Å². The minimum absolute atomic E-state index is 0.194. The zero-order valence-electron chi connectivity index (χ0n) is 11.0. The molecule has 1 atom stereocenters. The molecule has 0 unspecified atom stereocenters. The summed E-state index contributed by atoms with van der Waals surface area (Å²) in [6, 6.07) is -0.630. The largest absolute Gasteiger partial charge is 0.453 e. The molecule has 0 fully saturated rings. The number of aryl methyl sites for hydroxylation is 1. The van der Waals surface area contributed by atoms with Gasteiger partial charge in [0.25, 0.3) is 0 Å². The van der Waals surface area contributed by atoms with Crippen LogP contribution in [-0.4, -0.2) is 47.3 Å². The molecule has 1 heterocycles. The van der Waals surface area contributed by atoms with Gasteiger partial charge in [0.2, 0.25) is 5.91 Å². The van der Waals surface area contributed by atoms with E-state index in [0.29, 0.717) is 6.54 Å². The summed E-state index contributed by atoms with van der Waals surface area (Å²) in [5.74, 6) is -0.194. The van der Waals surface area contributed by atoms with Gasteiger partial charge in [0.05, 0.1) is 13.3 Å². The van der Waals surface area contributed by atoms with Crippen molar-refractivity contribution in [3.63, 3.8) is 0 Å². The predicted molar refractivity (Wildman–Crippen MR) is 64.8 cm³/mol. The minimum atomic E-state index is -0.630. The normalized spacial score (nSPS) is 11.8. The Morgan fingerprint density at radius 1 is 1.61 bits per heavy atom. The summed E-state index contributed by atoms with van der Waals surface area (Å²) in [5, 5.41) is 9.12. The molecule has 0 aliphatic carbocycles. The number of ether oxygens (including phenoxy) is 1. The molecule has 2 N–H and O–H groups in total. The fourth-order valence-corrected chi connectivity index (χ4v) is 1.50. The summed E-state index contributed by atoms with van der Waals surface area (Å²) < 4.78 is 4.44. The number of nitrogens with zero attached hydrogens (tertiary/aromatic N) is 2. The molecule has 2 amide bonds. The number of hydrogen-bond acceptors (Lipinski definition) is 4. The van der Waals surface area contributed by atoms with Gasteiger partial charge in [-0.3, -0.25) is 9.89 Å². The van der Waals surface area contributed by atoms with Crippen molar-refractivity contribution < 1.29 is 14.3 Å². The van der Waals surface area contributed by atoms with Crippen molar-refractivity contribution in [1.82, 2.24) is 20.4 Å². The number of nitrogens with one attached hydrogen (secondary N) is 2. The second kappa shape index (κ2) is 6.04. The quantitative estimate of drug-likeness (QED) is 0.815. The minimum Gasteiger partial charge on any atom is -0.453 e. The molecular formula is C11H18N4O3. The second-order valence-electron chi connectivity index (χ2n) is 4.07. The van der Waals surface area contributed by atoms with E-state index in [2.05, 4.69) is 20.3 Å². The standard InChI is InChI=1S/C11H18N4O3/c1-7-9(5-12-14-7)6-15(3)10(16)8(2)13-11(17)18-4/h5,8H,6H2,1-4H3,(H,12,14)(H,13,17)/t8-/m0/s1. The van der Waals surface area contributed by atoms with Crippen molar-refractivity contribution in [1.29, 1.82) is 0 Å². The second-order valence-corrected chi connectivity index (χ2v) is 4.07. The van der Waals surface area contributed by atoms with Crippen LogP contribution in [-0.2, 0) is 16.1 Å². The molecule has 1 rings (SSSR count). The number of likely N-dealkylation sites (N-methyl/N-ethyl adjacent to an activating group) is 1. The molecule has 0 saturated heterocycles. The first-order chi connectivity index (χ1) is 8.45. The molecule has 7 heteroatoms. The lowest BCUT2D eigenvalue weighted by Crippen LogP contribution is -2.45. The number of alkyl carbamates (subject to hydrolysis) is 1. The highest BCUT2D eigenvalue weighted by Gasteiger charge is 2.20. The molecule has 0 aliphatic heterocycles. The van der Waals surface area contributed by atoms with Gasteiger partial charge in [-0.25, -0.2) is 4.79 Å². The number of amides is 2. The Bertz CT molecular complexity index is 430. The van der Waals surface area contributed by atoms with E-state index in [-0.39, 0.29) is 5.91 Å². The molecule has 0 aliphatic rings. The molecule has 0 bridgehead atoms. The maximum absolute atomic E-state index is 12.0. The molecule has 0 saturated carbocycles. The molecule has 18 heavy (non-hydrogen) atoms. The Hall–Kier alpha value is -2.05. The van der Waals surface area contributed by atoms with Crippen molar-refractivity contribution >= 4 is 12.0 Å². The average Bonchev–Trinajstić information content (AvgIpc) is 2.73. The Labute approximate surface area is 105 Å². The van der Waals surface area contributed by atoms with Crippen LogP contribution in [0, 0.1) is 6.92 Å². The Morgan fingerprint density at radius 2 is 2.28 bits per heavy atom. The number of methoxy groups -OCH3 is 1. The maximum Gasteiger partial charge on any atom is 0.407 e. The van der Waals surface area contributed by atoms with Crippen molar-refractivity contribution in [2.45, 2.75) is 26.4 Å². The smallest absolute Gasteiger partial charge is 0.407 e. The van der Waals surface area contributed by atoms with Gasteiger partial charge in [-0.1, -0.05) is 0 Å². The van der Waals surface area contributed by atoms with E-state index in [0.717, 1.165) is 11.3 Å². The van der Waals surface area contributed by atoms with Crippen molar-refractivity contribution in [3.05, 3.63) is 17.5 Å². The van der Waals surface area contributed by atoms with E-state index >= 15 is 0 Å². The number of hydrogen-bond donors (Lipinski definition) is 2. The summed E-state index contributed by atoms with van der Waals surface area (Å²) in [7, 11) is 2.93. The highest BCUT2D eigenvalue weighted by atomic mass is 16.5. The number of carbonyl (C=O) groups is 2. The molecule has 1 aromatic heterocycles. The van der Waals surface area contributed by atoms with Gasteiger partial charge >= 0.3 is 6.09 Å². The van der Waals surface area contributed by atoms with Gasteiger partial charge in [-0.15, -0.1) is 0 Å².